The maximum atomic E-state index is 6.32. The predicted molar refractivity (Wildman–Crippen MR) is 113 cm³/mol. The molecule has 0 bridgehead atoms. The maximum Gasteiger partial charge on any atom is 0.191 e. The van der Waals surface area contributed by atoms with Crippen molar-refractivity contribution >= 4 is 50.6 Å². The molecule has 0 radical (unpaired) electrons. The number of thiazole rings is 1. The molecule has 28 heavy (non-hydrogen) atoms. The summed E-state index contributed by atoms with van der Waals surface area (Å²) in [6.45, 7) is 0.403. The van der Waals surface area contributed by atoms with Gasteiger partial charge in [-0.25, -0.2) is 19.9 Å². The Labute approximate surface area is 174 Å². The second-order valence-electron chi connectivity index (χ2n) is 6.16. The first-order valence-corrected chi connectivity index (χ1v) is 9.94. The van der Waals surface area contributed by atoms with Gasteiger partial charge in [-0.15, -0.1) is 11.3 Å². The predicted octanol–water partition coefficient (Wildman–Crippen LogP) is 4.99. The summed E-state index contributed by atoms with van der Waals surface area (Å²) in [6.07, 6.45) is 1.62. The standard InChI is InChI=1S/C19H12Cl2N6S/c20-11-4-3-5-12(21)10(11)8-27-9-23-16(22)15-18(27)26-17(25-15)19-24-13-6-1-2-7-14(13)28-19/h1-7,9H,8,22H2. The molecule has 1 aromatic heterocycles. The van der Waals surface area contributed by atoms with Crippen molar-refractivity contribution in [3.8, 4) is 22.4 Å². The van der Waals surface area contributed by atoms with Gasteiger partial charge in [-0.1, -0.05) is 41.4 Å². The quantitative estimate of drug-likeness (QED) is 0.439. The Morgan fingerprint density at radius 1 is 0.964 bits per heavy atom. The zero-order valence-corrected chi connectivity index (χ0v) is 16.6. The van der Waals surface area contributed by atoms with Crippen molar-refractivity contribution in [3.63, 3.8) is 0 Å². The van der Waals surface area contributed by atoms with Crippen molar-refractivity contribution < 1.29 is 0 Å². The molecule has 9 heteroatoms. The van der Waals surface area contributed by atoms with Crippen LogP contribution in [-0.2, 0) is 6.54 Å². The van der Waals surface area contributed by atoms with E-state index in [-0.39, 0.29) is 0 Å². The van der Waals surface area contributed by atoms with E-state index in [0.29, 0.717) is 39.8 Å². The molecule has 5 rings (SSSR count). The fraction of sp³-hybridized carbons (Fsp3) is 0.0526. The molecule has 3 heterocycles. The fourth-order valence-electron chi connectivity index (χ4n) is 2.99. The Bertz CT molecular complexity index is 1240. The van der Waals surface area contributed by atoms with Crippen LogP contribution in [0.2, 0.25) is 10.0 Å². The maximum absolute atomic E-state index is 6.32. The van der Waals surface area contributed by atoms with Crippen molar-refractivity contribution in [1.82, 2.24) is 24.5 Å². The number of fused-ring (bicyclic) bond motifs is 2. The van der Waals surface area contributed by atoms with Crippen LogP contribution in [0, 0.1) is 0 Å². The molecule has 2 aliphatic heterocycles. The molecular formula is C19H12Cl2N6S. The van der Waals surface area contributed by atoms with E-state index in [9.17, 15) is 0 Å². The Morgan fingerprint density at radius 2 is 1.75 bits per heavy atom. The number of imidazole rings is 1. The molecule has 6 nitrogen and oxygen atoms in total. The highest BCUT2D eigenvalue weighted by Crippen LogP contribution is 2.34. The normalized spacial score (nSPS) is 11.5. The molecule has 0 atom stereocenters. The molecule has 0 unspecified atom stereocenters. The first-order chi connectivity index (χ1) is 13.6. The molecule has 0 saturated heterocycles. The molecule has 138 valence electrons. The van der Waals surface area contributed by atoms with Crippen LogP contribution in [0.25, 0.3) is 32.6 Å². The van der Waals surface area contributed by atoms with Gasteiger partial charge in [0, 0.05) is 15.6 Å². The molecule has 0 fully saturated rings. The van der Waals surface area contributed by atoms with Gasteiger partial charge in [0.25, 0.3) is 0 Å². The number of nitrogens with two attached hydrogens (primary N) is 1. The number of hydrogen-bond acceptors (Lipinski definition) is 6. The van der Waals surface area contributed by atoms with Crippen molar-refractivity contribution in [1.29, 1.82) is 0 Å². The van der Waals surface area contributed by atoms with Gasteiger partial charge in [0.1, 0.15) is 0 Å². The highest BCUT2D eigenvalue weighted by Gasteiger charge is 2.22. The Hall–Kier alpha value is -2.74. The van der Waals surface area contributed by atoms with Crippen LogP contribution < -0.4 is 5.73 Å². The van der Waals surface area contributed by atoms with Gasteiger partial charge in [0.05, 0.1) is 23.1 Å². The van der Waals surface area contributed by atoms with Gasteiger partial charge >= 0.3 is 0 Å². The summed E-state index contributed by atoms with van der Waals surface area (Å²) >= 11 is 14.2. The lowest BCUT2D eigenvalue weighted by molar-refractivity contribution is 0.763. The second-order valence-corrected chi connectivity index (χ2v) is 8.01. The Morgan fingerprint density at radius 3 is 2.54 bits per heavy atom. The largest absolute Gasteiger partial charge is 0.382 e. The Kier molecular flexibility index (Phi) is 4.16. The van der Waals surface area contributed by atoms with Crippen molar-refractivity contribution in [2.24, 2.45) is 0 Å². The van der Waals surface area contributed by atoms with E-state index in [4.69, 9.17) is 28.9 Å². The van der Waals surface area contributed by atoms with Crippen molar-refractivity contribution in [2.45, 2.75) is 6.54 Å². The molecule has 0 aliphatic carbocycles. The molecular weight excluding hydrogens is 415 g/mol. The third kappa shape index (κ3) is 2.88. The average molecular weight is 427 g/mol. The minimum atomic E-state index is 0.316. The van der Waals surface area contributed by atoms with Gasteiger partial charge in [-0.3, -0.25) is 0 Å². The minimum absolute atomic E-state index is 0.316. The van der Waals surface area contributed by atoms with Gasteiger partial charge in [0.2, 0.25) is 0 Å². The number of rotatable bonds is 3. The van der Waals surface area contributed by atoms with Gasteiger partial charge < -0.3 is 10.3 Å². The van der Waals surface area contributed by atoms with Crippen LogP contribution in [0.5, 0.6) is 0 Å². The third-order valence-corrected chi connectivity index (χ3v) is 6.11. The van der Waals surface area contributed by atoms with Crippen LogP contribution in [0.15, 0.2) is 48.8 Å². The second kappa shape index (κ2) is 6.70. The summed E-state index contributed by atoms with van der Waals surface area (Å²) in [5.74, 6) is 1.45. The average Bonchev–Trinajstić information content (AvgIpc) is 3.31. The summed E-state index contributed by atoms with van der Waals surface area (Å²) < 4.78 is 2.91. The Balaban J connectivity index is 1.63. The van der Waals surface area contributed by atoms with Crippen LogP contribution in [0.1, 0.15) is 5.56 Å². The minimum Gasteiger partial charge on any atom is -0.382 e. The summed E-state index contributed by atoms with van der Waals surface area (Å²) in [4.78, 5) is 18.2. The molecule has 0 spiro atoms. The molecule has 0 amide bonds. The van der Waals surface area contributed by atoms with Crippen LogP contribution in [0.3, 0.4) is 0 Å². The number of anilines is 1. The highest BCUT2D eigenvalue weighted by molar-refractivity contribution is 7.21. The van der Waals surface area contributed by atoms with E-state index in [2.05, 4.69) is 19.9 Å². The van der Waals surface area contributed by atoms with Gasteiger partial charge in [0.15, 0.2) is 28.2 Å². The van der Waals surface area contributed by atoms with Crippen LogP contribution in [-0.4, -0.2) is 24.5 Å². The number of halogens is 2. The first-order valence-electron chi connectivity index (χ1n) is 8.37. The lowest BCUT2D eigenvalue weighted by Gasteiger charge is -2.13. The summed E-state index contributed by atoms with van der Waals surface area (Å²) in [6, 6.07) is 13.3. The molecule has 2 N–H and O–H groups in total. The van der Waals surface area contributed by atoms with E-state index >= 15 is 0 Å². The van der Waals surface area contributed by atoms with E-state index < -0.39 is 0 Å². The van der Waals surface area contributed by atoms with E-state index in [1.165, 1.54) is 11.3 Å². The topological polar surface area (TPSA) is 82.5 Å². The highest BCUT2D eigenvalue weighted by atomic mass is 35.5. The van der Waals surface area contributed by atoms with Gasteiger partial charge in [-0.2, -0.15) is 0 Å². The number of hydrogen-bond donors (Lipinski definition) is 1. The van der Waals surface area contributed by atoms with Crippen molar-refractivity contribution in [3.05, 3.63) is 64.4 Å². The number of para-hydroxylation sites is 1. The SMILES string of the molecule is Nc1ncn(Cc2c(Cl)cccc2Cl)c2nc(-c3nc4ccccc4s3)nc1-2. The first kappa shape index (κ1) is 17.4. The molecule has 2 aliphatic rings. The number of benzene rings is 2. The lowest BCUT2D eigenvalue weighted by atomic mass is 10.2. The lowest BCUT2D eigenvalue weighted by Crippen LogP contribution is -2.09. The van der Waals surface area contributed by atoms with E-state index in [1.54, 1.807) is 18.5 Å². The fourth-order valence-corrected chi connectivity index (χ4v) is 4.40. The summed E-state index contributed by atoms with van der Waals surface area (Å²) in [7, 11) is 0. The van der Waals surface area contributed by atoms with Crippen molar-refractivity contribution in [2.75, 3.05) is 5.73 Å². The zero-order valence-electron chi connectivity index (χ0n) is 14.3. The van der Waals surface area contributed by atoms with Crippen LogP contribution >= 0.6 is 34.5 Å². The zero-order chi connectivity index (χ0) is 19.3. The molecule has 3 aromatic rings. The number of aromatic nitrogens is 5. The third-order valence-electron chi connectivity index (χ3n) is 4.37. The monoisotopic (exact) mass is 426 g/mol. The molecule has 2 aromatic carbocycles. The van der Waals surface area contributed by atoms with E-state index in [0.717, 1.165) is 20.8 Å². The van der Waals surface area contributed by atoms with Crippen LogP contribution in [0.4, 0.5) is 5.82 Å². The van der Waals surface area contributed by atoms with E-state index in [1.807, 2.05) is 34.9 Å². The summed E-state index contributed by atoms with van der Waals surface area (Å²) in [5.41, 5.74) is 8.28. The number of nitrogen functional groups attached to an aromatic ring is 1. The smallest absolute Gasteiger partial charge is 0.191 e. The summed E-state index contributed by atoms with van der Waals surface area (Å²) in [5, 5.41) is 1.89. The van der Waals surface area contributed by atoms with Gasteiger partial charge in [-0.05, 0) is 24.3 Å². The molecule has 0 saturated carbocycles. The number of nitrogens with zero attached hydrogens (tertiary/aromatic N) is 5.